The first kappa shape index (κ1) is 40.4. The number of benzene rings is 4. The van der Waals surface area contributed by atoms with E-state index in [9.17, 15) is 0 Å². The molecule has 0 atom stereocenters. The van der Waals surface area contributed by atoms with Gasteiger partial charge in [0.15, 0.2) is 0 Å². The zero-order valence-electron chi connectivity index (χ0n) is 27.7. The van der Waals surface area contributed by atoms with Crippen LogP contribution in [0.15, 0.2) is 121 Å². The van der Waals surface area contributed by atoms with Crippen LogP contribution < -0.4 is 49.9 Å². The van der Waals surface area contributed by atoms with E-state index in [4.69, 9.17) is 0 Å². The minimum atomic E-state index is -1.91. The van der Waals surface area contributed by atoms with Crippen LogP contribution in [0.2, 0.25) is 0 Å². The fraction of sp³-hybridized carbons (Fsp3) is 0.400. The molecule has 0 aliphatic carbocycles. The van der Waals surface area contributed by atoms with E-state index in [2.05, 4.69) is 149 Å². The van der Waals surface area contributed by atoms with Crippen LogP contribution in [-0.4, -0.2) is 24.6 Å². The lowest BCUT2D eigenvalue weighted by Gasteiger charge is -2.28. The van der Waals surface area contributed by atoms with Gasteiger partial charge < -0.3 is 28.7 Å². The summed E-state index contributed by atoms with van der Waals surface area (Å²) in [7, 11) is -2.47. The Morgan fingerprint density at radius 2 is 0.568 bits per heavy atom. The predicted octanol–water partition coefficient (Wildman–Crippen LogP) is 4.52. The minimum absolute atomic E-state index is 0. The topological polar surface area (TPSA) is 0 Å². The highest BCUT2D eigenvalue weighted by atomic mass is 127. The molecule has 0 aliphatic heterocycles. The maximum Gasteiger partial charge on any atom is 0.144 e. The summed E-state index contributed by atoms with van der Waals surface area (Å²) in [5.41, 5.74) is 0. The summed E-state index contributed by atoms with van der Waals surface area (Å²) < 4.78 is 0. The van der Waals surface area contributed by atoms with Crippen LogP contribution in [0.5, 0.6) is 0 Å². The number of unbranched alkanes of at least 4 members (excludes halogenated alkanes) is 4. The van der Waals surface area contributed by atoms with Crippen molar-refractivity contribution in [2.45, 2.75) is 79.1 Å². The number of hydrogen-bond donors (Lipinski definition) is 0. The van der Waals surface area contributed by atoms with Crippen LogP contribution in [0.1, 0.15) is 79.1 Å². The normalized spacial score (nSPS) is 11.0. The molecule has 44 heavy (non-hydrogen) atoms. The molecule has 0 bridgehead atoms. The van der Waals surface area contributed by atoms with E-state index >= 15 is 0 Å². The summed E-state index contributed by atoms with van der Waals surface area (Å²) in [6.07, 6.45) is 17.9. The van der Waals surface area contributed by atoms with Gasteiger partial charge in [-0.1, -0.05) is 126 Å². The van der Waals surface area contributed by atoms with E-state index < -0.39 is 14.5 Å². The fourth-order valence-corrected chi connectivity index (χ4v) is 15.7. The van der Waals surface area contributed by atoms with Gasteiger partial charge in [-0.05, 0) is 74.2 Å². The van der Waals surface area contributed by atoms with Crippen molar-refractivity contribution >= 4 is 35.7 Å². The van der Waals surface area contributed by atoms with Crippen molar-refractivity contribution in [3.05, 3.63) is 121 Å². The molecule has 240 valence electrons. The molecule has 4 heteroatoms. The van der Waals surface area contributed by atoms with Gasteiger partial charge in [0.25, 0.3) is 0 Å². The second kappa shape index (κ2) is 22.8. The van der Waals surface area contributed by atoms with E-state index in [0.29, 0.717) is 0 Å². The van der Waals surface area contributed by atoms with Crippen LogP contribution in [0.25, 0.3) is 0 Å². The van der Waals surface area contributed by atoms with E-state index in [-0.39, 0.29) is 28.7 Å². The maximum atomic E-state index is 2.36. The second-order valence-electron chi connectivity index (χ2n) is 11.7. The smallest absolute Gasteiger partial charge is 0.144 e. The van der Waals surface area contributed by atoms with Gasteiger partial charge in [0.05, 0.1) is 24.6 Å². The lowest BCUT2D eigenvalue weighted by molar-refractivity contribution is -0.00100. The van der Waals surface area contributed by atoms with Crippen molar-refractivity contribution in [3.63, 3.8) is 0 Å². The molecule has 4 rings (SSSR count). The summed E-state index contributed by atoms with van der Waals surface area (Å²) in [6.45, 7) is 9.42. The van der Waals surface area contributed by atoms with Gasteiger partial charge in [0.2, 0.25) is 0 Å². The van der Waals surface area contributed by atoms with E-state index in [1.165, 1.54) is 72.6 Å². The summed E-state index contributed by atoms with van der Waals surface area (Å²) in [5.74, 6) is 0. The lowest BCUT2D eigenvalue weighted by atomic mass is 10.3. The molecule has 4 aromatic carbocycles. The Kier molecular flexibility index (Phi) is 21.0. The third kappa shape index (κ3) is 11.3. The Balaban J connectivity index is 0.000000455. The van der Waals surface area contributed by atoms with Crippen LogP contribution >= 0.6 is 14.5 Å². The summed E-state index contributed by atoms with van der Waals surface area (Å²) in [4.78, 5) is 0. The zero-order chi connectivity index (χ0) is 29.9. The van der Waals surface area contributed by atoms with Crippen molar-refractivity contribution in [3.8, 4) is 0 Å². The van der Waals surface area contributed by atoms with Crippen molar-refractivity contribution in [2.75, 3.05) is 24.6 Å². The molecule has 0 amide bonds. The molecule has 0 N–H and O–H groups in total. The van der Waals surface area contributed by atoms with Crippen LogP contribution in [0.3, 0.4) is 0 Å². The van der Waals surface area contributed by atoms with E-state index in [1.807, 2.05) is 0 Å². The first-order valence-corrected chi connectivity index (χ1v) is 20.9. The molecule has 0 aromatic heterocycles. The SMILES string of the molecule is CCCC[P+](CCCC)(CCCC)CCCC.[F-].[I-].c1ccc([P+](c2ccccc2)(c2ccccc2)c2ccccc2)cc1. The van der Waals surface area contributed by atoms with Crippen molar-refractivity contribution in [1.82, 2.24) is 0 Å². The van der Waals surface area contributed by atoms with Gasteiger partial charge >= 0.3 is 0 Å². The van der Waals surface area contributed by atoms with Crippen molar-refractivity contribution in [2.24, 2.45) is 0 Å². The Hall–Kier alpha value is -1.60. The van der Waals surface area contributed by atoms with Gasteiger partial charge in [0, 0.05) is 7.26 Å². The highest BCUT2D eigenvalue weighted by Gasteiger charge is 2.47. The molecule has 0 saturated heterocycles. The Labute approximate surface area is 287 Å². The number of rotatable bonds is 16. The molecule has 0 aliphatic rings. The van der Waals surface area contributed by atoms with Crippen molar-refractivity contribution < 1.29 is 28.7 Å². The van der Waals surface area contributed by atoms with Crippen LogP contribution in [-0.2, 0) is 0 Å². The Morgan fingerprint density at radius 1 is 0.364 bits per heavy atom. The maximum absolute atomic E-state index is 2.36. The summed E-state index contributed by atoms with van der Waals surface area (Å²) >= 11 is 0. The molecule has 0 nitrogen and oxygen atoms in total. The summed E-state index contributed by atoms with van der Waals surface area (Å²) in [5, 5.41) is 5.55. The molecular weight excluding hydrogens is 688 g/mol. The lowest BCUT2D eigenvalue weighted by Crippen LogP contribution is -3.00. The average Bonchev–Trinajstić information content (AvgIpc) is 3.07. The Bertz CT molecular complexity index is 1020. The molecule has 0 saturated carbocycles. The molecule has 0 radical (unpaired) electrons. The third-order valence-corrected chi connectivity index (χ3v) is 17.9. The molecule has 0 unspecified atom stereocenters. The zero-order valence-corrected chi connectivity index (χ0v) is 31.6. The monoisotopic (exact) mass is 744 g/mol. The largest absolute Gasteiger partial charge is 1.00 e. The van der Waals surface area contributed by atoms with Gasteiger partial charge in [-0.2, -0.15) is 0 Å². The van der Waals surface area contributed by atoms with Crippen molar-refractivity contribution in [1.29, 1.82) is 0 Å². The average molecular weight is 745 g/mol. The number of halogens is 2. The first-order chi connectivity index (χ1) is 20.7. The van der Waals surface area contributed by atoms with Crippen LogP contribution in [0, 0.1) is 0 Å². The van der Waals surface area contributed by atoms with Gasteiger partial charge in [-0.25, -0.2) is 0 Å². The highest BCUT2D eigenvalue weighted by Crippen LogP contribution is 2.61. The summed E-state index contributed by atoms with van der Waals surface area (Å²) in [6, 6.07) is 43.8. The quantitative estimate of drug-likeness (QED) is 0.117. The predicted molar refractivity (Wildman–Crippen MR) is 197 cm³/mol. The van der Waals surface area contributed by atoms with Crippen LogP contribution in [0.4, 0.5) is 0 Å². The number of hydrogen-bond acceptors (Lipinski definition) is 0. The Morgan fingerprint density at radius 3 is 0.750 bits per heavy atom. The fourth-order valence-electron chi connectivity index (χ4n) is 6.15. The minimum Gasteiger partial charge on any atom is -1.00 e. The first-order valence-electron chi connectivity index (χ1n) is 16.6. The second-order valence-corrected chi connectivity index (χ2v) is 19.5. The standard InChI is InChI=1S/C24H20P.C16H36P.FH.HI/c1-5-13-21(14-6-1)25(22-15-7-2-8-16-22,23-17-9-3-10-18-23)24-19-11-4-12-20-24;1-5-9-13-17(14-10-6-2,15-11-7-3)16-12-8-4;;/h1-20H;5-16H2,1-4H3;2*1H/q2*+1;;/p-2. The molecule has 0 spiro atoms. The molecule has 4 aromatic rings. The van der Waals surface area contributed by atoms with E-state index in [1.54, 1.807) is 24.6 Å². The van der Waals surface area contributed by atoms with Gasteiger partial charge in [0.1, 0.15) is 28.5 Å². The highest BCUT2D eigenvalue weighted by molar-refractivity contribution is 8.01. The van der Waals surface area contributed by atoms with E-state index in [0.717, 1.165) is 0 Å². The van der Waals surface area contributed by atoms with Gasteiger partial charge in [-0.15, -0.1) is 0 Å². The third-order valence-electron chi connectivity index (χ3n) is 8.52. The molecule has 0 fully saturated rings. The molecule has 0 heterocycles. The van der Waals surface area contributed by atoms with Gasteiger partial charge in [-0.3, -0.25) is 0 Å². The molecular formula is C40H56FIP2.